The molecule has 122 valence electrons. The van der Waals surface area contributed by atoms with Crippen molar-refractivity contribution in [3.63, 3.8) is 0 Å². The van der Waals surface area contributed by atoms with Gasteiger partial charge in [0.25, 0.3) is 5.91 Å². The largest absolute Gasteiger partial charge is 0.337 e. The van der Waals surface area contributed by atoms with Crippen LogP contribution in [0.15, 0.2) is 60.9 Å². The fourth-order valence-corrected chi connectivity index (χ4v) is 2.07. The summed E-state index contributed by atoms with van der Waals surface area (Å²) in [5.41, 5.74) is 1.29. The number of para-hydroxylation sites is 1. The molecule has 6 nitrogen and oxygen atoms in total. The summed E-state index contributed by atoms with van der Waals surface area (Å²) in [5, 5.41) is 14.3. The van der Waals surface area contributed by atoms with Crippen molar-refractivity contribution in [2.24, 2.45) is 0 Å². The molecule has 0 radical (unpaired) electrons. The van der Waals surface area contributed by atoms with E-state index in [1.54, 1.807) is 42.5 Å². The highest BCUT2D eigenvalue weighted by atomic mass is 19.1. The number of nitriles is 1. The Labute approximate surface area is 143 Å². The van der Waals surface area contributed by atoms with Crippen LogP contribution in [0.3, 0.4) is 0 Å². The number of hydrogen-bond acceptors (Lipinski definition) is 5. The standard InChI is InChI=1S/C18H12FN5O/c19-14-6-1-2-7-15(14)24-17-11-21-16(10-22-17)18(25)23-13-5-3-4-12(8-13)9-20/h1-8,10-11H,(H,22,24)(H,23,25). The summed E-state index contributed by atoms with van der Waals surface area (Å²) in [6, 6.07) is 14.7. The molecule has 3 rings (SSSR count). The van der Waals surface area contributed by atoms with Gasteiger partial charge in [-0.1, -0.05) is 18.2 Å². The van der Waals surface area contributed by atoms with Gasteiger partial charge in [-0.2, -0.15) is 5.26 Å². The number of rotatable bonds is 4. The Balaban J connectivity index is 1.70. The van der Waals surface area contributed by atoms with Crippen LogP contribution in [0, 0.1) is 17.1 Å². The third-order valence-electron chi connectivity index (χ3n) is 3.27. The first-order chi connectivity index (χ1) is 12.2. The zero-order chi connectivity index (χ0) is 17.6. The molecule has 7 heteroatoms. The maximum Gasteiger partial charge on any atom is 0.275 e. The Morgan fingerprint density at radius 2 is 1.92 bits per heavy atom. The maximum atomic E-state index is 13.6. The van der Waals surface area contributed by atoms with Crippen LogP contribution in [0.25, 0.3) is 0 Å². The highest BCUT2D eigenvalue weighted by Crippen LogP contribution is 2.17. The summed E-state index contributed by atoms with van der Waals surface area (Å²) in [7, 11) is 0. The topological polar surface area (TPSA) is 90.7 Å². The van der Waals surface area contributed by atoms with Crippen molar-refractivity contribution >= 4 is 23.1 Å². The Morgan fingerprint density at radius 1 is 1.08 bits per heavy atom. The Hall–Kier alpha value is -3.79. The average Bonchev–Trinajstić information content (AvgIpc) is 2.64. The number of nitrogens with one attached hydrogen (secondary N) is 2. The van der Waals surface area contributed by atoms with Crippen LogP contribution in [0.2, 0.25) is 0 Å². The van der Waals surface area contributed by atoms with E-state index < -0.39 is 11.7 Å². The first-order valence-corrected chi connectivity index (χ1v) is 7.31. The molecule has 0 aliphatic carbocycles. The first kappa shape index (κ1) is 16.1. The second kappa shape index (κ2) is 7.19. The van der Waals surface area contributed by atoms with Crippen molar-refractivity contribution in [2.75, 3.05) is 10.6 Å². The molecule has 0 bridgehead atoms. The second-order valence-corrected chi connectivity index (χ2v) is 5.04. The van der Waals surface area contributed by atoms with Crippen LogP contribution in [-0.4, -0.2) is 15.9 Å². The fraction of sp³-hybridized carbons (Fsp3) is 0. The number of nitrogens with zero attached hydrogens (tertiary/aromatic N) is 3. The molecule has 2 N–H and O–H groups in total. The summed E-state index contributed by atoms with van der Waals surface area (Å²) < 4.78 is 13.6. The smallest absolute Gasteiger partial charge is 0.275 e. The van der Waals surface area contributed by atoms with E-state index in [2.05, 4.69) is 20.6 Å². The van der Waals surface area contributed by atoms with Gasteiger partial charge in [0.1, 0.15) is 17.3 Å². The summed E-state index contributed by atoms with van der Waals surface area (Å²) in [5.74, 6) is -0.559. The van der Waals surface area contributed by atoms with Crippen LogP contribution in [-0.2, 0) is 0 Å². The second-order valence-electron chi connectivity index (χ2n) is 5.04. The molecule has 25 heavy (non-hydrogen) atoms. The molecule has 1 heterocycles. The van der Waals surface area contributed by atoms with Gasteiger partial charge in [0.05, 0.1) is 29.7 Å². The highest BCUT2D eigenvalue weighted by Gasteiger charge is 2.09. The van der Waals surface area contributed by atoms with Crippen LogP contribution in [0.1, 0.15) is 16.1 Å². The monoisotopic (exact) mass is 333 g/mol. The summed E-state index contributed by atoms with van der Waals surface area (Å²) in [6.45, 7) is 0. The van der Waals surface area contributed by atoms with Crippen LogP contribution < -0.4 is 10.6 Å². The lowest BCUT2D eigenvalue weighted by molar-refractivity contribution is 0.102. The SMILES string of the molecule is N#Cc1cccc(NC(=O)c2cnc(Nc3ccccc3F)cn2)c1. The molecule has 3 aromatic rings. The van der Waals surface area contributed by atoms with Gasteiger partial charge < -0.3 is 10.6 Å². The predicted octanol–water partition coefficient (Wildman–Crippen LogP) is 3.48. The van der Waals surface area contributed by atoms with Gasteiger partial charge in [0, 0.05) is 5.69 Å². The van der Waals surface area contributed by atoms with Crippen LogP contribution in [0.5, 0.6) is 0 Å². The predicted molar refractivity (Wildman–Crippen MR) is 90.8 cm³/mol. The van der Waals surface area contributed by atoms with Gasteiger partial charge in [-0.25, -0.2) is 14.4 Å². The van der Waals surface area contributed by atoms with Crippen molar-refractivity contribution in [3.05, 3.63) is 78.0 Å². The number of hydrogen-bond donors (Lipinski definition) is 2. The van der Waals surface area contributed by atoms with E-state index in [9.17, 15) is 9.18 Å². The van der Waals surface area contributed by atoms with Crippen molar-refractivity contribution < 1.29 is 9.18 Å². The summed E-state index contributed by atoms with van der Waals surface area (Å²) in [6.07, 6.45) is 2.62. The summed E-state index contributed by atoms with van der Waals surface area (Å²) in [4.78, 5) is 20.2. The molecule has 0 spiro atoms. The third-order valence-corrected chi connectivity index (χ3v) is 3.27. The molecule has 1 amide bonds. The molecule has 2 aromatic carbocycles. The number of halogens is 1. The van der Waals surface area contributed by atoms with Gasteiger partial charge in [0.2, 0.25) is 0 Å². The Morgan fingerprint density at radius 3 is 2.64 bits per heavy atom. The van der Waals surface area contributed by atoms with Crippen molar-refractivity contribution in [3.8, 4) is 6.07 Å². The quantitative estimate of drug-likeness (QED) is 0.763. The van der Waals surface area contributed by atoms with Crippen molar-refractivity contribution in [1.29, 1.82) is 5.26 Å². The van der Waals surface area contributed by atoms with Crippen LogP contribution in [0.4, 0.5) is 21.6 Å². The number of amides is 1. The lowest BCUT2D eigenvalue weighted by Gasteiger charge is -2.07. The molecular formula is C18H12FN5O. The van der Waals surface area contributed by atoms with Crippen molar-refractivity contribution in [1.82, 2.24) is 9.97 Å². The minimum atomic E-state index is -0.458. The van der Waals surface area contributed by atoms with Gasteiger partial charge in [-0.05, 0) is 30.3 Å². The number of carbonyl (C=O) groups is 1. The van der Waals surface area contributed by atoms with Crippen molar-refractivity contribution in [2.45, 2.75) is 0 Å². The number of carbonyl (C=O) groups excluding carboxylic acids is 1. The third kappa shape index (κ3) is 3.95. The zero-order valence-corrected chi connectivity index (χ0v) is 12.9. The molecule has 0 aliphatic rings. The van der Waals surface area contributed by atoms with E-state index in [0.29, 0.717) is 17.1 Å². The first-order valence-electron chi connectivity index (χ1n) is 7.31. The molecule has 1 aromatic heterocycles. The molecule has 0 saturated carbocycles. The molecule has 0 atom stereocenters. The normalized spacial score (nSPS) is 9.92. The van der Waals surface area contributed by atoms with E-state index in [1.165, 1.54) is 18.5 Å². The van der Waals surface area contributed by atoms with Gasteiger partial charge >= 0.3 is 0 Å². The molecule has 0 aliphatic heterocycles. The lowest BCUT2D eigenvalue weighted by Crippen LogP contribution is -2.14. The average molecular weight is 333 g/mol. The molecule has 0 fully saturated rings. The van der Waals surface area contributed by atoms with E-state index in [1.807, 2.05) is 6.07 Å². The molecular weight excluding hydrogens is 321 g/mol. The van der Waals surface area contributed by atoms with Crippen LogP contribution >= 0.6 is 0 Å². The number of anilines is 3. The number of benzene rings is 2. The maximum absolute atomic E-state index is 13.6. The van der Waals surface area contributed by atoms with E-state index in [4.69, 9.17) is 5.26 Å². The number of aromatic nitrogens is 2. The molecule has 0 saturated heterocycles. The highest BCUT2D eigenvalue weighted by molar-refractivity contribution is 6.02. The van der Waals surface area contributed by atoms with Gasteiger partial charge in [0.15, 0.2) is 0 Å². The van der Waals surface area contributed by atoms with E-state index in [0.717, 1.165) is 0 Å². The van der Waals surface area contributed by atoms with Gasteiger partial charge in [-0.15, -0.1) is 0 Å². The van der Waals surface area contributed by atoms with E-state index in [-0.39, 0.29) is 11.4 Å². The van der Waals surface area contributed by atoms with E-state index >= 15 is 0 Å². The lowest BCUT2D eigenvalue weighted by atomic mass is 10.2. The fourth-order valence-electron chi connectivity index (χ4n) is 2.07. The Kier molecular flexibility index (Phi) is 4.62. The zero-order valence-electron chi connectivity index (χ0n) is 12.9. The minimum Gasteiger partial charge on any atom is -0.337 e. The Bertz CT molecular complexity index is 950. The minimum absolute atomic E-state index is 0.0986. The molecule has 0 unspecified atom stereocenters. The van der Waals surface area contributed by atoms with Gasteiger partial charge in [-0.3, -0.25) is 4.79 Å². The summed E-state index contributed by atoms with van der Waals surface area (Å²) >= 11 is 0.